The zero-order chi connectivity index (χ0) is 18.1. The van der Waals surface area contributed by atoms with Crippen LogP contribution in [0.2, 0.25) is 10.0 Å². The Morgan fingerprint density at radius 1 is 1.16 bits per heavy atom. The van der Waals surface area contributed by atoms with Gasteiger partial charge in [0.25, 0.3) is 5.91 Å². The molecule has 132 valence electrons. The van der Waals surface area contributed by atoms with Crippen molar-refractivity contribution in [2.24, 2.45) is 0 Å². The van der Waals surface area contributed by atoms with Gasteiger partial charge in [0.05, 0.1) is 22.7 Å². The van der Waals surface area contributed by atoms with E-state index < -0.39 is 11.6 Å². The third-order valence-electron chi connectivity index (χ3n) is 4.43. The molecule has 2 atom stereocenters. The number of rotatable bonds is 3. The lowest BCUT2D eigenvalue weighted by molar-refractivity contribution is 0.0928. The molecule has 1 aliphatic heterocycles. The van der Waals surface area contributed by atoms with Crippen molar-refractivity contribution in [1.82, 2.24) is 10.2 Å². The number of amides is 1. The van der Waals surface area contributed by atoms with Gasteiger partial charge in [0.1, 0.15) is 0 Å². The van der Waals surface area contributed by atoms with E-state index in [4.69, 9.17) is 23.2 Å². The van der Waals surface area contributed by atoms with Crippen LogP contribution in [0, 0.1) is 11.6 Å². The monoisotopic (exact) mass is 384 g/mol. The van der Waals surface area contributed by atoms with E-state index in [1.165, 1.54) is 12.1 Å². The minimum Gasteiger partial charge on any atom is -0.347 e. The first-order chi connectivity index (χ1) is 11.9. The van der Waals surface area contributed by atoms with Crippen molar-refractivity contribution in [2.75, 3.05) is 13.6 Å². The van der Waals surface area contributed by atoms with E-state index in [0.717, 1.165) is 12.6 Å². The zero-order valence-corrected chi connectivity index (χ0v) is 14.9. The summed E-state index contributed by atoms with van der Waals surface area (Å²) in [6.45, 7) is 0.725. The van der Waals surface area contributed by atoms with E-state index in [9.17, 15) is 13.6 Å². The molecule has 1 aliphatic rings. The fourth-order valence-electron chi connectivity index (χ4n) is 3.20. The molecular weight excluding hydrogens is 369 g/mol. The number of likely N-dealkylation sites (tertiary alicyclic amines) is 1. The predicted molar refractivity (Wildman–Crippen MR) is 94.1 cm³/mol. The minimum atomic E-state index is -0.899. The number of nitrogens with one attached hydrogen (secondary N) is 1. The van der Waals surface area contributed by atoms with Crippen LogP contribution in [-0.4, -0.2) is 30.4 Å². The fourth-order valence-corrected chi connectivity index (χ4v) is 3.70. The lowest BCUT2D eigenvalue weighted by Crippen LogP contribution is -2.39. The molecule has 0 unspecified atom stereocenters. The van der Waals surface area contributed by atoms with Crippen molar-refractivity contribution in [3.8, 4) is 0 Å². The molecule has 1 N–H and O–H groups in total. The Balaban J connectivity index is 1.83. The maximum atomic E-state index is 13.6. The summed E-state index contributed by atoms with van der Waals surface area (Å²) >= 11 is 11.9. The highest BCUT2D eigenvalue weighted by molar-refractivity contribution is 6.36. The molecule has 2 aromatic rings. The van der Waals surface area contributed by atoms with Gasteiger partial charge in [-0.25, -0.2) is 8.78 Å². The Labute approximate surface area is 154 Å². The molecule has 0 saturated carbocycles. The number of halogens is 4. The first kappa shape index (κ1) is 18.1. The first-order valence-corrected chi connectivity index (χ1v) is 8.53. The molecule has 0 aliphatic carbocycles. The number of carbonyl (C=O) groups is 1. The van der Waals surface area contributed by atoms with Crippen molar-refractivity contribution in [3.05, 3.63) is 69.2 Å². The number of likely N-dealkylation sites (N-methyl/N-ethyl adjacent to an activating group) is 1. The molecule has 3 nitrogen and oxygen atoms in total. The van der Waals surface area contributed by atoms with Crippen LogP contribution in [0.15, 0.2) is 36.4 Å². The number of hydrogen-bond acceptors (Lipinski definition) is 2. The quantitative estimate of drug-likeness (QED) is 0.847. The van der Waals surface area contributed by atoms with E-state index in [1.807, 2.05) is 11.9 Å². The molecule has 0 radical (unpaired) electrons. The van der Waals surface area contributed by atoms with Gasteiger partial charge in [-0.1, -0.05) is 29.3 Å². The second-order valence-electron chi connectivity index (χ2n) is 6.09. The van der Waals surface area contributed by atoms with Gasteiger partial charge < -0.3 is 5.32 Å². The molecule has 0 bridgehead atoms. The van der Waals surface area contributed by atoms with Gasteiger partial charge in [0, 0.05) is 11.6 Å². The van der Waals surface area contributed by atoms with Gasteiger partial charge in [-0.2, -0.15) is 0 Å². The minimum absolute atomic E-state index is 0.242. The van der Waals surface area contributed by atoms with Crippen molar-refractivity contribution in [3.63, 3.8) is 0 Å². The van der Waals surface area contributed by atoms with Crippen molar-refractivity contribution in [1.29, 1.82) is 0 Å². The highest BCUT2D eigenvalue weighted by Crippen LogP contribution is 2.32. The standard InChI is InChI=1S/C18H16Cl2F2N2O/c1-24-7-6-16(17(24)10-2-5-14(21)15(22)8-10)23-18(25)12-4-3-11(19)9-13(12)20/h2-5,8-9,16-17H,6-7H2,1H3,(H,23,25)/t16-,17+/m1/s1. The number of benzene rings is 2. The third kappa shape index (κ3) is 3.78. The normalized spacial score (nSPS) is 20.7. The summed E-state index contributed by atoms with van der Waals surface area (Å²) in [6, 6.07) is 7.99. The van der Waals surface area contributed by atoms with Crippen LogP contribution in [0.25, 0.3) is 0 Å². The summed E-state index contributed by atoms with van der Waals surface area (Å²) in [7, 11) is 1.88. The van der Waals surface area contributed by atoms with E-state index in [-0.39, 0.29) is 23.0 Å². The van der Waals surface area contributed by atoms with Gasteiger partial charge in [-0.3, -0.25) is 9.69 Å². The molecular formula is C18H16Cl2F2N2O. The maximum Gasteiger partial charge on any atom is 0.253 e. The second kappa shape index (κ2) is 7.28. The third-order valence-corrected chi connectivity index (χ3v) is 4.97. The molecule has 0 aromatic heterocycles. The van der Waals surface area contributed by atoms with Crippen LogP contribution in [0.1, 0.15) is 28.4 Å². The van der Waals surface area contributed by atoms with Crippen molar-refractivity contribution < 1.29 is 13.6 Å². The van der Waals surface area contributed by atoms with Crippen LogP contribution in [0.4, 0.5) is 8.78 Å². The second-order valence-corrected chi connectivity index (χ2v) is 6.94. The average molecular weight is 385 g/mol. The Bertz CT molecular complexity index is 816. The van der Waals surface area contributed by atoms with E-state index >= 15 is 0 Å². The highest BCUT2D eigenvalue weighted by atomic mass is 35.5. The van der Waals surface area contributed by atoms with Crippen LogP contribution in [0.3, 0.4) is 0 Å². The first-order valence-electron chi connectivity index (χ1n) is 7.78. The number of nitrogens with zero attached hydrogens (tertiary/aromatic N) is 1. The Kier molecular flexibility index (Phi) is 5.27. The van der Waals surface area contributed by atoms with Gasteiger partial charge in [0.2, 0.25) is 0 Å². The summed E-state index contributed by atoms with van der Waals surface area (Å²) in [5.41, 5.74) is 0.941. The van der Waals surface area contributed by atoms with E-state index in [2.05, 4.69) is 5.32 Å². The lowest BCUT2D eigenvalue weighted by atomic mass is 9.99. The van der Waals surface area contributed by atoms with E-state index in [0.29, 0.717) is 22.6 Å². The van der Waals surface area contributed by atoms with Gasteiger partial charge in [-0.15, -0.1) is 0 Å². The van der Waals surface area contributed by atoms with Crippen molar-refractivity contribution in [2.45, 2.75) is 18.5 Å². The zero-order valence-electron chi connectivity index (χ0n) is 13.4. The summed E-state index contributed by atoms with van der Waals surface area (Å²) in [6.07, 6.45) is 0.692. The number of carbonyl (C=O) groups excluding carboxylic acids is 1. The summed E-state index contributed by atoms with van der Waals surface area (Å²) in [5.74, 6) is -2.11. The Morgan fingerprint density at radius 2 is 1.92 bits per heavy atom. The van der Waals surface area contributed by atoms with Crippen LogP contribution in [0.5, 0.6) is 0 Å². The van der Waals surface area contributed by atoms with Gasteiger partial charge >= 0.3 is 0 Å². The Morgan fingerprint density at radius 3 is 2.60 bits per heavy atom. The molecule has 3 rings (SSSR count). The molecule has 0 spiro atoms. The predicted octanol–water partition coefficient (Wildman–Crippen LogP) is 4.45. The molecule has 1 saturated heterocycles. The van der Waals surface area contributed by atoms with Crippen LogP contribution >= 0.6 is 23.2 Å². The number of hydrogen-bond donors (Lipinski definition) is 1. The van der Waals surface area contributed by atoms with E-state index in [1.54, 1.807) is 18.2 Å². The van der Waals surface area contributed by atoms with Crippen LogP contribution in [-0.2, 0) is 0 Å². The highest BCUT2D eigenvalue weighted by Gasteiger charge is 2.34. The smallest absolute Gasteiger partial charge is 0.253 e. The van der Waals surface area contributed by atoms with Crippen LogP contribution < -0.4 is 5.32 Å². The summed E-state index contributed by atoms with van der Waals surface area (Å²) < 4.78 is 26.8. The fraction of sp³-hybridized carbons (Fsp3) is 0.278. The van der Waals surface area contributed by atoms with Gasteiger partial charge in [-0.05, 0) is 49.4 Å². The maximum absolute atomic E-state index is 13.6. The SMILES string of the molecule is CN1CC[C@@H](NC(=O)c2ccc(Cl)cc2Cl)[C@@H]1c1ccc(F)c(F)c1. The lowest BCUT2D eigenvalue weighted by Gasteiger charge is -2.26. The molecule has 1 fully saturated rings. The summed E-state index contributed by atoms with van der Waals surface area (Å²) in [5, 5.41) is 3.65. The topological polar surface area (TPSA) is 32.3 Å². The van der Waals surface area contributed by atoms with Crippen molar-refractivity contribution >= 4 is 29.1 Å². The largest absolute Gasteiger partial charge is 0.347 e. The average Bonchev–Trinajstić information content (AvgIpc) is 2.90. The molecule has 25 heavy (non-hydrogen) atoms. The molecule has 2 aromatic carbocycles. The Hall–Kier alpha value is -1.69. The molecule has 1 amide bonds. The molecule has 7 heteroatoms. The summed E-state index contributed by atoms with van der Waals surface area (Å²) in [4.78, 5) is 14.5. The molecule has 1 heterocycles. The van der Waals surface area contributed by atoms with Gasteiger partial charge in [0.15, 0.2) is 11.6 Å².